The van der Waals surface area contributed by atoms with Gasteiger partial charge in [-0.25, -0.2) is 0 Å². The van der Waals surface area contributed by atoms with Crippen molar-refractivity contribution in [2.75, 3.05) is 0 Å². The maximum Gasteiger partial charge on any atom is 0.339 e. The van der Waals surface area contributed by atoms with Gasteiger partial charge in [-0.05, 0) is 48.0 Å². The summed E-state index contributed by atoms with van der Waals surface area (Å²) in [4.78, 5) is 12.5. The molecule has 4 rings (SSSR count). The molecule has 0 amide bonds. The number of carbonyl (C=O) groups is 1. The molecule has 0 fully saturated rings. The Morgan fingerprint density at radius 3 is 2.36 bits per heavy atom. The molecule has 0 N–H and O–H groups in total. The molecule has 0 saturated carbocycles. The van der Waals surface area contributed by atoms with Gasteiger partial charge in [-0.2, -0.15) is 8.42 Å². The molecular formula is C21H13BrO5S. The van der Waals surface area contributed by atoms with Gasteiger partial charge in [-0.15, -0.1) is 0 Å². The van der Waals surface area contributed by atoms with E-state index in [9.17, 15) is 13.2 Å². The Hall–Kier alpha value is -2.90. The molecule has 0 radical (unpaired) electrons. The van der Waals surface area contributed by atoms with Gasteiger partial charge in [-0.3, -0.25) is 4.79 Å². The molecule has 0 aromatic heterocycles. The molecule has 5 nitrogen and oxygen atoms in total. The maximum atomic E-state index is 12.5. The average Bonchev–Trinajstić information content (AvgIpc) is 2.97. The Labute approximate surface area is 170 Å². The second-order valence-electron chi connectivity index (χ2n) is 6.00. The van der Waals surface area contributed by atoms with Crippen molar-refractivity contribution in [3.05, 3.63) is 94.2 Å². The van der Waals surface area contributed by atoms with E-state index in [0.29, 0.717) is 5.56 Å². The van der Waals surface area contributed by atoms with E-state index in [2.05, 4.69) is 15.9 Å². The number of rotatable bonds is 4. The van der Waals surface area contributed by atoms with Crippen LogP contribution in [0.3, 0.4) is 0 Å². The van der Waals surface area contributed by atoms with Crippen LogP contribution in [0, 0.1) is 0 Å². The lowest BCUT2D eigenvalue weighted by Gasteiger charge is -2.08. The number of allylic oxidation sites excluding steroid dienone is 1. The third-order valence-electron chi connectivity index (χ3n) is 4.05. The number of halogens is 1. The summed E-state index contributed by atoms with van der Waals surface area (Å²) in [6, 6.07) is 19.7. The first-order valence-corrected chi connectivity index (χ1v) is 10.5. The number of hydrogen-bond donors (Lipinski definition) is 0. The molecule has 1 aliphatic heterocycles. The zero-order valence-electron chi connectivity index (χ0n) is 14.3. The molecule has 0 atom stereocenters. The average molecular weight is 457 g/mol. The van der Waals surface area contributed by atoms with E-state index in [-0.39, 0.29) is 27.9 Å². The Kier molecular flexibility index (Phi) is 4.78. The minimum atomic E-state index is -4.00. The molecule has 1 aliphatic rings. The van der Waals surface area contributed by atoms with Crippen molar-refractivity contribution < 1.29 is 22.1 Å². The first-order chi connectivity index (χ1) is 13.4. The number of Topliss-reactive ketones (excluding diaryl/α,β-unsaturated/α-hetero) is 1. The zero-order chi connectivity index (χ0) is 19.7. The van der Waals surface area contributed by atoms with Crippen LogP contribution in [0.1, 0.15) is 15.9 Å². The van der Waals surface area contributed by atoms with Crippen LogP contribution in [0.2, 0.25) is 0 Å². The first-order valence-electron chi connectivity index (χ1n) is 8.26. The van der Waals surface area contributed by atoms with E-state index in [0.717, 1.165) is 10.0 Å². The molecule has 0 saturated heterocycles. The van der Waals surface area contributed by atoms with Gasteiger partial charge in [0.2, 0.25) is 5.78 Å². The van der Waals surface area contributed by atoms with Crippen LogP contribution in [0.5, 0.6) is 11.5 Å². The Balaban J connectivity index is 1.60. The molecular weight excluding hydrogens is 444 g/mol. The predicted octanol–water partition coefficient (Wildman–Crippen LogP) is 4.83. The molecule has 3 aromatic carbocycles. The maximum absolute atomic E-state index is 12.5. The molecule has 1 heterocycles. The summed E-state index contributed by atoms with van der Waals surface area (Å²) in [5, 5.41) is 0. The van der Waals surface area contributed by atoms with E-state index < -0.39 is 10.1 Å². The quantitative estimate of drug-likeness (QED) is 0.415. The molecule has 28 heavy (non-hydrogen) atoms. The second-order valence-corrected chi connectivity index (χ2v) is 8.46. The first kappa shape index (κ1) is 18.5. The van der Waals surface area contributed by atoms with Gasteiger partial charge >= 0.3 is 10.1 Å². The molecule has 0 unspecified atom stereocenters. The number of carbonyl (C=O) groups excluding carboxylic acids is 1. The van der Waals surface area contributed by atoms with E-state index in [1.54, 1.807) is 18.2 Å². The lowest BCUT2D eigenvalue weighted by Crippen LogP contribution is -2.09. The van der Waals surface area contributed by atoms with E-state index in [1.807, 2.05) is 30.3 Å². The van der Waals surface area contributed by atoms with E-state index >= 15 is 0 Å². The van der Waals surface area contributed by atoms with Gasteiger partial charge < -0.3 is 8.92 Å². The molecule has 3 aromatic rings. The predicted molar refractivity (Wildman–Crippen MR) is 108 cm³/mol. The highest BCUT2D eigenvalue weighted by Crippen LogP contribution is 2.35. The van der Waals surface area contributed by atoms with E-state index in [1.165, 1.54) is 30.3 Å². The van der Waals surface area contributed by atoms with Gasteiger partial charge in [0.15, 0.2) is 5.76 Å². The highest BCUT2D eigenvalue weighted by atomic mass is 79.9. The lowest BCUT2D eigenvalue weighted by atomic mass is 10.1. The zero-order valence-corrected chi connectivity index (χ0v) is 16.7. The molecule has 140 valence electrons. The van der Waals surface area contributed by atoms with Crippen LogP contribution in [0.15, 0.2) is 87.9 Å². The SMILES string of the molecule is O=C1C(=Cc2ccccc2)Oc2cc(OS(=O)(=O)c3ccc(Br)cc3)ccc21. The molecule has 0 bridgehead atoms. The third-order valence-corrected chi connectivity index (χ3v) is 5.84. The molecule has 0 aliphatic carbocycles. The summed E-state index contributed by atoms with van der Waals surface area (Å²) in [5.41, 5.74) is 1.18. The van der Waals surface area contributed by atoms with Crippen molar-refractivity contribution in [2.45, 2.75) is 4.90 Å². The molecule has 0 spiro atoms. The number of fused-ring (bicyclic) bond motifs is 1. The number of ketones is 1. The summed E-state index contributed by atoms with van der Waals surface area (Å²) in [5.74, 6) is 0.237. The number of benzene rings is 3. The van der Waals surface area contributed by atoms with Gasteiger partial charge in [-0.1, -0.05) is 46.3 Å². The van der Waals surface area contributed by atoms with Crippen LogP contribution in [-0.4, -0.2) is 14.2 Å². The van der Waals surface area contributed by atoms with Crippen LogP contribution >= 0.6 is 15.9 Å². The minimum absolute atomic E-state index is 0.0258. The Morgan fingerprint density at radius 1 is 0.929 bits per heavy atom. The van der Waals surface area contributed by atoms with Crippen molar-refractivity contribution in [1.82, 2.24) is 0 Å². The van der Waals surface area contributed by atoms with Gasteiger partial charge in [0, 0.05) is 10.5 Å². The Bertz CT molecular complexity index is 1180. The lowest BCUT2D eigenvalue weighted by molar-refractivity contribution is 0.101. The van der Waals surface area contributed by atoms with Gasteiger partial charge in [0.25, 0.3) is 0 Å². The fourth-order valence-electron chi connectivity index (χ4n) is 2.70. The van der Waals surface area contributed by atoms with Crippen molar-refractivity contribution >= 4 is 37.9 Å². The van der Waals surface area contributed by atoms with Crippen molar-refractivity contribution in [3.63, 3.8) is 0 Å². The number of ether oxygens (including phenoxy) is 1. The third kappa shape index (κ3) is 3.72. The normalized spacial score (nSPS) is 14.6. The topological polar surface area (TPSA) is 69.7 Å². The smallest absolute Gasteiger partial charge is 0.339 e. The van der Waals surface area contributed by atoms with Crippen LogP contribution < -0.4 is 8.92 Å². The summed E-state index contributed by atoms with van der Waals surface area (Å²) in [7, 11) is -4.00. The minimum Gasteiger partial charge on any atom is -0.452 e. The van der Waals surface area contributed by atoms with Gasteiger partial charge in [0.05, 0.1) is 5.56 Å². The fourth-order valence-corrected chi connectivity index (χ4v) is 3.88. The fraction of sp³-hybridized carbons (Fsp3) is 0. The second kappa shape index (κ2) is 7.26. The summed E-state index contributed by atoms with van der Waals surface area (Å²) in [6.45, 7) is 0. The monoisotopic (exact) mass is 456 g/mol. The van der Waals surface area contributed by atoms with Crippen molar-refractivity contribution in [3.8, 4) is 11.5 Å². The highest BCUT2D eigenvalue weighted by molar-refractivity contribution is 9.10. The van der Waals surface area contributed by atoms with Crippen molar-refractivity contribution in [1.29, 1.82) is 0 Å². The van der Waals surface area contributed by atoms with E-state index in [4.69, 9.17) is 8.92 Å². The van der Waals surface area contributed by atoms with Crippen LogP contribution in [-0.2, 0) is 10.1 Å². The number of hydrogen-bond acceptors (Lipinski definition) is 5. The van der Waals surface area contributed by atoms with Crippen LogP contribution in [0.4, 0.5) is 0 Å². The largest absolute Gasteiger partial charge is 0.452 e. The summed E-state index contributed by atoms with van der Waals surface area (Å²) < 4.78 is 36.4. The van der Waals surface area contributed by atoms with Crippen LogP contribution in [0.25, 0.3) is 6.08 Å². The molecule has 7 heteroatoms. The highest BCUT2D eigenvalue weighted by Gasteiger charge is 2.28. The Morgan fingerprint density at radius 2 is 1.64 bits per heavy atom. The van der Waals surface area contributed by atoms with Crippen molar-refractivity contribution in [2.24, 2.45) is 0 Å². The summed E-state index contributed by atoms with van der Waals surface area (Å²) >= 11 is 3.26. The standard InChI is InChI=1S/C21H13BrO5S/c22-15-6-9-17(10-7-15)28(24,25)27-16-8-11-18-19(13-16)26-20(21(18)23)12-14-4-2-1-3-5-14/h1-13H. The summed E-state index contributed by atoms with van der Waals surface area (Å²) in [6.07, 6.45) is 1.64. The van der Waals surface area contributed by atoms with Gasteiger partial charge in [0.1, 0.15) is 16.4 Å².